The second-order valence-electron chi connectivity index (χ2n) is 6.33. The van der Waals surface area contributed by atoms with Crippen LogP contribution in [0, 0.1) is 0 Å². The summed E-state index contributed by atoms with van der Waals surface area (Å²) < 4.78 is 0. The van der Waals surface area contributed by atoms with Gasteiger partial charge in [-0.05, 0) is 42.0 Å². The van der Waals surface area contributed by atoms with Gasteiger partial charge in [0.05, 0.1) is 16.8 Å². The van der Waals surface area contributed by atoms with Crippen molar-refractivity contribution in [3.8, 4) is 11.3 Å². The number of para-hydroxylation sites is 1. The Labute approximate surface area is 157 Å². The van der Waals surface area contributed by atoms with E-state index >= 15 is 0 Å². The number of fused-ring (bicyclic) bond motifs is 1. The summed E-state index contributed by atoms with van der Waals surface area (Å²) in [5.41, 5.74) is 4.08. The molecule has 0 aliphatic rings. The van der Waals surface area contributed by atoms with Crippen molar-refractivity contribution in [3.05, 3.63) is 90.5 Å². The zero-order valence-electron chi connectivity index (χ0n) is 14.9. The predicted molar refractivity (Wildman–Crippen MR) is 105 cm³/mol. The molecule has 0 fully saturated rings. The second kappa shape index (κ2) is 7.33. The van der Waals surface area contributed by atoms with Crippen molar-refractivity contribution in [2.75, 3.05) is 7.05 Å². The molecule has 3 heterocycles. The first-order valence-electron chi connectivity index (χ1n) is 8.67. The normalized spacial score (nSPS) is 10.7. The molecule has 1 aromatic carbocycles. The smallest absolute Gasteiger partial charge is 0.254 e. The maximum Gasteiger partial charge on any atom is 0.254 e. The third kappa shape index (κ3) is 3.53. The van der Waals surface area contributed by atoms with E-state index in [-0.39, 0.29) is 5.91 Å². The van der Waals surface area contributed by atoms with Crippen molar-refractivity contribution in [2.24, 2.45) is 0 Å². The van der Waals surface area contributed by atoms with Gasteiger partial charge in [-0.3, -0.25) is 14.8 Å². The Bertz CT molecular complexity index is 1080. The molecule has 0 unspecified atom stereocenters. The van der Waals surface area contributed by atoms with Gasteiger partial charge >= 0.3 is 0 Å². The van der Waals surface area contributed by atoms with Crippen LogP contribution in [0.5, 0.6) is 0 Å². The Hall–Kier alpha value is -3.60. The Balaban J connectivity index is 1.76. The molecule has 0 aliphatic carbocycles. The first-order valence-corrected chi connectivity index (χ1v) is 8.67. The van der Waals surface area contributed by atoms with Crippen LogP contribution < -0.4 is 0 Å². The van der Waals surface area contributed by atoms with Gasteiger partial charge in [0.15, 0.2) is 0 Å². The minimum atomic E-state index is -0.0458. The summed E-state index contributed by atoms with van der Waals surface area (Å²) >= 11 is 0. The Morgan fingerprint density at radius 3 is 2.56 bits per heavy atom. The summed E-state index contributed by atoms with van der Waals surface area (Å²) in [7, 11) is 1.81. The van der Waals surface area contributed by atoms with Gasteiger partial charge in [0.25, 0.3) is 5.91 Å². The Morgan fingerprint density at radius 2 is 1.78 bits per heavy atom. The summed E-state index contributed by atoms with van der Waals surface area (Å²) in [5.74, 6) is -0.0458. The highest BCUT2D eigenvalue weighted by molar-refractivity contribution is 6.07. The minimum absolute atomic E-state index is 0.0458. The molecule has 4 rings (SSSR count). The van der Waals surface area contributed by atoms with E-state index in [1.807, 2.05) is 61.6 Å². The van der Waals surface area contributed by atoms with E-state index in [1.54, 1.807) is 29.7 Å². The molecule has 0 N–H and O–H groups in total. The van der Waals surface area contributed by atoms with E-state index in [4.69, 9.17) is 4.98 Å². The van der Waals surface area contributed by atoms with Gasteiger partial charge in [0.2, 0.25) is 0 Å². The predicted octanol–water partition coefficient (Wildman–Crippen LogP) is 3.96. The third-order valence-electron chi connectivity index (χ3n) is 4.42. The lowest BCUT2D eigenvalue weighted by Gasteiger charge is -2.19. The molecule has 27 heavy (non-hydrogen) atoms. The molecular formula is C22H18N4O. The van der Waals surface area contributed by atoms with Crippen LogP contribution in [0.1, 0.15) is 15.9 Å². The molecule has 5 heteroatoms. The molecular weight excluding hydrogens is 336 g/mol. The van der Waals surface area contributed by atoms with Gasteiger partial charge in [0.1, 0.15) is 0 Å². The van der Waals surface area contributed by atoms with E-state index in [9.17, 15) is 4.79 Å². The fraction of sp³-hybridized carbons (Fsp3) is 0.0909. The average Bonchev–Trinajstić information content (AvgIpc) is 2.73. The van der Waals surface area contributed by atoms with Crippen molar-refractivity contribution in [1.82, 2.24) is 19.9 Å². The lowest BCUT2D eigenvalue weighted by molar-refractivity contribution is 0.0787. The number of rotatable bonds is 4. The quantitative estimate of drug-likeness (QED) is 0.556. The van der Waals surface area contributed by atoms with Crippen LogP contribution in [0.3, 0.4) is 0 Å². The van der Waals surface area contributed by atoms with Crippen molar-refractivity contribution < 1.29 is 4.79 Å². The molecule has 3 aromatic heterocycles. The number of carbonyl (C=O) groups is 1. The largest absolute Gasteiger partial charge is 0.337 e. The number of pyridine rings is 3. The van der Waals surface area contributed by atoms with Crippen molar-refractivity contribution >= 4 is 16.8 Å². The van der Waals surface area contributed by atoms with Crippen LogP contribution in [-0.2, 0) is 6.54 Å². The Morgan fingerprint density at radius 1 is 0.963 bits per heavy atom. The van der Waals surface area contributed by atoms with Gasteiger partial charge in [-0.1, -0.05) is 18.2 Å². The molecule has 1 amide bonds. The molecule has 0 saturated heterocycles. The van der Waals surface area contributed by atoms with Crippen LogP contribution in [0.4, 0.5) is 0 Å². The lowest BCUT2D eigenvalue weighted by Crippen LogP contribution is -2.26. The fourth-order valence-electron chi connectivity index (χ4n) is 3.05. The number of hydrogen-bond donors (Lipinski definition) is 0. The first kappa shape index (κ1) is 16.8. The highest BCUT2D eigenvalue weighted by Crippen LogP contribution is 2.25. The van der Waals surface area contributed by atoms with Gasteiger partial charge in [0, 0.05) is 49.3 Å². The minimum Gasteiger partial charge on any atom is -0.337 e. The number of hydrogen-bond acceptors (Lipinski definition) is 4. The molecule has 0 aliphatic heterocycles. The summed E-state index contributed by atoms with van der Waals surface area (Å²) in [6.07, 6.45) is 6.94. The zero-order valence-corrected chi connectivity index (χ0v) is 14.9. The summed E-state index contributed by atoms with van der Waals surface area (Å²) in [6.45, 7) is 0.514. The molecule has 0 saturated carbocycles. The fourth-order valence-corrected chi connectivity index (χ4v) is 3.05. The van der Waals surface area contributed by atoms with Crippen LogP contribution in [0.15, 0.2) is 79.4 Å². The van der Waals surface area contributed by atoms with Crippen molar-refractivity contribution in [1.29, 1.82) is 0 Å². The summed E-state index contributed by atoms with van der Waals surface area (Å²) in [6, 6.07) is 17.2. The van der Waals surface area contributed by atoms with Gasteiger partial charge in [-0.25, -0.2) is 4.98 Å². The van der Waals surface area contributed by atoms with Gasteiger partial charge < -0.3 is 4.90 Å². The molecule has 132 valence electrons. The zero-order chi connectivity index (χ0) is 18.6. The average molecular weight is 354 g/mol. The van der Waals surface area contributed by atoms with E-state index in [0.29, 0.717) is 12.1 Å². The lowest BCUT2D eigenvalue weighted by atomic mass is 10.0. The summed E-state index contributed by atoms with van der Waals surface area (Å²) in [5, 5.41) is 0.844. The maximum atomic E-state index is 13.2. The van der Waals surface area contributed by atoms with E-state index in [0.717, 1.165) is 27.7 Å². The second-order valence-corrected chi connectivity index (χ2v) is 6.33. The number of amides is 1. The third-order valence-corrected chi connectivity index (χ3v) is 4.42. The standard InChI is InChI=1S/C22H18N4O/c1-26(15-16-8-11-23-12-9-16)22(27)19-13-21(17-5-4-10-24-14-17)25-20-7-3-2-6-18(19)20/h2-14H,15H2,1H3. The van der Waals surface area contributed by atoms with Crippen LogP contribution >= 0.6 is 0 Å². The highest BCUT2D eigenvalue weighted by Gasteiger charge is 2.17. The van der Waals surface area contributed by atoms with E-state index in [2.05, 4.69) is 9.97 Å². The van der Waals surface area contributed by atoms with E-state index in [1.165, 1.54) is 0 Å². The molecule has 0 radical (unpaired) electrons. The number of aromatic nitrogens is 3. The first-order chi connectivity index (χ1) is 13.2. The van der Waals surface area contributed by atoms with Crippen molar-refractivity contribution in [2.45, 2.75) is 6.54 Å². The highest BCUT2D eigenvalue weighted by atomic mass is 16.2. The Kier molecular flexibility index (Phi) is 4.58. The number of benzene rings is 1. The van der Waals surface area contributed by atoms with Crippen molar-refractivity contribution in [3.63, 3.8) is 0 Å². The molecule has 4 aromatic rings. The van der Waals surface area contributed by atoms with E-state index < -0.39 is 0 Å². The maximum absolute atomic E-state index is 13.2. The van der Waals surface area contributed by atoms with Gasteiger partial charge in [-0.2, -0.15) is 0 Å². The molecule has 0 bridgehead atoms. The topological polar surface area (TPSA) is 59.0 Å². The SMILES string of the molecule is CN(Cc1ccncc1)C(=O)c1cc(-c2cccnc2)nc2ccccc12. The molecule has 0 atom stereocenters. The monoisotopic (exact) mass is 354 g/mol. The number of carbonyl (C=O) groups excluding carboxylic acids is 1. The number of nitrogens with zero attached hydrogens (tertiary/aromatic N) is 4. The van der Waals surface area contributed by atoms with Crippen LogP contribution in [0.2, 0.25) is 0 Å². The van der Waals surface area contributed by atoms with Crippen LogP contribution in [-0.4, -0.2) is 32.8 Å². The molecule has 5 nitrogen and oxygen atoms in total. The summed E-state index contributed by atoms with van der Waals surface area (Å²) in [4.78, 5) is 27.8. The van der Waals surface area contributed by atoms with Gasteiger partial charge in [-0.15, -0.1) is 0 Å². The molecule has 0 spiro atoms. The van der Waals surface area contributed by atoms with Crippen LogP contribution in [0.25, 0.3) is 22.2 Å².